The largest absolute Gasteiger partial charge is 0.326 e. The maximum absolute atomic E-state index is 13.0. The van der Waals surface area contributed by atoms with Crippen molar-refractivity contribution < 1.29 is 9.18 Å². The van der Waals surface area contributed by atoms with Gasteiger partial charge in [0.05, 0.1) is 0 Å². The number of carbonyl (C=O) groups excluding carboxylic acids is 1. The molecule has 114 valence electrons. The summed E-state index contributed by atoms with van der Waals surface area (Å²) in [6.07, 6.45) is 0.461. The van der Waals surface area contributed by atoms with E-state index in [0.29, 0.717) is 12.1 Å². The van der Waals surface area contributed by atoms with Crippen molar-refractivity contribution in [1.82, 2.24) is 9.80 Å². The van der Waals surface area contributed by atoms with Crippen molar-refractivity contribution in [3.8, 4) is 0 Å². The third-order valence-electron chi connectivity index (χ3n) is 4.58. The van der Waals surface area contributed by atoms with Gasteiger partial charge >= 0.3 is 0 Å². The van der Waals surface area contributed by atoms with Crippen molar-refractivity contribution in [2.24, 2.45) is 11.8 Å². The minimum atomic E-state index is -0.331. The van der Waals surface area contributed by atoms with Gasteiger partial charge in [0.2, 0.25) is 5.91 Å². The Labute approximate surface area is 124 Å². The van der Waals surface area contributed by atoms with Crippen LogP contribution in [0.1, 0.15) is 6.42 Å². The Bertz CT molecular complexity index is 522. The van der Waals surface area contributed by atoms with Crippen molar-refractivity contribution in [3.63, 3.8) is 0 Å². The highest BCUT2D eigenvalue weighted by atomic mass is 19.1. The minimum absolute atomic E-state index is 0.0506. The number of nitrogens with one attached hydrogen (secondary N) is 1. The third-order valence-corrected chi connectivity index (χ3v) is 4.58. The Morgan fingerprint density at radius 3 is 2.71 bits per heavy atom. The van der Waals surface area contributed by atoms with Crippen LogP contribution >= 0.6 is 0 Å². The van der Waals surface area contributed by atoms with Crippen molar-refractivity contribution in [2.45, 2.75) is 12.5 Å². The first-order chi connectivity index (χ1) is 10.0. The zero-order chi connectivity index (χ0) is 15.0. The summed E-state index contributed by atoms with van der Waals surface area (Å²) in [6, 6.07) is 6.74. The molecule has 1 amide bonds. The normalized spacial score (nSPS) is 27.7. The molecule has 2 fully saturated rings. The van der Waals surface area contributed by atoms with Crippen LogP contribution in [0.3, 0.4) is 0 Å². The molecule has 0 aromatic heterocycles. The van der Waals surface area contributed by atoms with Gasteiger partial charge in [0.1, 0.15) is 5.82 Å². The van der Waals surface area contributed by atoms with Crippen LogP contribution in [0.15, 0.2) is 24.3 Å². The van der Waals surface area contributed by atoms with E-state index in [1.165, 1.54) is 12.1 Å². The van der Waals surface area contributed by atoms with Gasteiger partial charge in [-0.3, -0.25) is 4.79 Å². The molecule has 1 heterocycles. The molecule has 1 aliphatic heterocycles. The molecule has 1 aromatic rings. The van der Waals surface area contributed by atoms with E-state index in [4.69, 9.17) is 0 Å². The molecule has 1 unspecified atom stereocenters. The highest BCUT2D eigenvalue weighted by Crippen LogP contribution is 2.47. The second kappa shape index (κ2) is 5.73. The van der Waals surface area contributed by atoms with E-state index >= 15 is 0 Å². The van der Waals surface area contributed by atoms with Gasteiger partial charge in [-0.1, -0.05) is 6.07 Å². The van der Waals surface area contributed by atoms with E-state index in [-0.39, 0.29) is 11.7 Å². The molecule has 1 N–H and O–H groups in total. The van der Waals surface area contributed by atoms with Crippen molar-refractivity contribution in [2.75, 3.05) is 39.0 Å². The second-order valence-electron chi connectivity index (χ2n) is 6.35. The number of halogens is 1. The molecular weight excluding hydrogens is 269 g/mol. The Hall–Kier alpha value is -1.46. The highest BCUT2D eigenvalue weighted by molar-refractivity contribution is 5.90. The zero-order valence-corrected chi connectivity index (χ0v) is 12.6. The van der Waals surface area contributed by atoms with Crippen LogP contribution < -0.4 is 5.32 Å². The molecule has 1 aromatic carbocycles. The van der Waals surface area contributed by atoms with Crippen LogP contribution in [0.4, 0.5) is 10.1 Å². The summed E-state index contributed by atoms with van der Waals surface area (Å²) in [6.45, 7) is 2.98. The van der Waals surface area contributed by atoms with Crippen molar-refractivity contribution in [3.05, 3.63) is 30.1 Å². The predicted molar refractivity (Wildman–Crippen MR) is 80.5 cm³/mol. The minimum Gasteiger partial charge on any atom is -0.326 e. The summed E-state index contributed by atoms with van der Waals surface area (Å²) in [4.78, 5) is 16.5. The number of rotatable bonds is 5. The predicted octanol–water partition coefficient (Wildman–Crippen LogP) is 1.65. The lowest BCUT2D eigenvalue weighted by Crippen LogP contribution is -2.32. The van der Waals surface area contributed by atoms with Gasteiger partial charge in [0.15, 0.2) is 0 Å². The summed E-state index contributed by atoms with van der Waals surface area (Å²) in [5.41, 5.74) is 0.525. The Balaban J connectivity index is 1.40. The summed E-state index contributed by atoms with van der Waals surface area (Å²) in [5.74, 6) is 1.19. The number of amides is 1. The number of carbonyl (C=O) groups is 1. The number of anilines is 1. The second-order valence-corrected chi connectivity index (χ2v) is 6.35. The number of benzene rings is 1. The molecule has 2 aliphatic rings. The van der Waals surface area contributed by atoms with E-state index in [1.54, 1.807) is 12.1 Å². The third kappa shape index (κ3) is 3.24. The lowest BCUT2D eigenvalue weighted by Gasteiger charge is -2.21. The maximum atomic E-state index is 13.0. The molecule has 5 heteroatoms. The summed E-state index contributed by atoms with van der Waals surface area (Å²) < 4.78 is 13.0. The molecule has 0 radical (unpaired) electrons. The summed E-state index contributed by atoms with van der Waals surface area (Å²) in [5, 5.41) is 2.74. The zero-order valence-electron chi connectivity index (χ0n) is 12.6. The number of likely N-dealkylation sites (tertiary alicyclic amines) is 1. The number of nitrogens with zero attached hydrogens (tertiary/aromatic N) is 2. The summed E-state index contributed by atoms with van der Waals surface area (Å²) >= 11 is 0. The number of fused-ring (bicyclic) bond motifs is 1. The van der Waals surface area contributed by atoms with Gasteiger partial charge in [-0.05, 0) is 44.1 Å². The molecule has 0 bridgehead atoms. The van der Waals surface area contributed by atoms with Crippen LogP contribution in [0.25, 0.3) is 0 Å². The number of hydrogen-bond acceptors (Lipinski definition) is 3. The van der Waals surface area contributed by atoms with Crippen molar-refractivity contribution >= 4 is 11.6 Å². The van der Waals surface area contributed by atoms with Crippen LogP contribution in [0.2, 0.25) is 0 Å². The SMILES string of the molecule is CN(C)C1[C@H]2CN(CCC(=O)Nc3cccc(F)c3)C[C@@H]12. The summed E-state index contributed by atoms with van der Waals surface area (Å²) in [7, 11) is 4.28. The monoisotopic (exact) mass is 291 g/mol. The van der Waals surface area contributed by atoms with Crippen LogP contribution in [0.5, 0.6) is 0 Å². The quantitative estimate of drug-likeness (QED) is 0.896. The molecule has 3 atom stereocenters. The molecule has 0 spiro atoms. The lowest BCUT2D eigenvalue weighted by molar-refractivity contribution is -0.116. The van der Waals surface area contributed by atoms with Gasteiger partial charge in [-0.25, -0.2) is 4.39 Å². The van der Waals surface area contributed by atoms with Gasteiger partial charge < -0.3 is 15.1 Å². The topological polar surface area (TPSA) is 35.6 Å². The average molecular weight is 291 g/mol. The van der Waals surface area contributed by atoms with Crippen molar-refractivity contribution in [1.29, 1.82) is 0 Å². The maximum Gasteiger partial charge on any atom is 0.225 e. The number of piperidine rings is 1. The number of hydrogen-bond donors (Lipinski definition) is 1. The van der Waals surface area contributed by atoms with Gasteiger partial charge in [-0.15, -0.1) is 0 Å². The molecule has 1 saturated heterocycles. The van der Waals surface area contributed by atoms with Crippen LogP contribution in [-0.2, 0) is 4.79 Å². The standard InChI is InChI=1S/C16H22FN3O/c1-19(2)16-13-9-20(10-14(13)16)7-6-15(21)18-12-5-3-4-11(17)8-12/h3-5,8,13-14,16H,6-7,9-10H2,1-2H3,(H,18,21)/t13-,14+,16?. The fourth-order valence-corrected chi connectivity index (χ4v) is 3.58. The lowest BCUT2D eigenvalue weighted by atomic mass is 10.3. The molecule has 1 saturated carbocycles. The first kappa shape index (κ1) is 14.5. The van der Waals surface area contributed by atoms with Gasteiger partial charge in [0.25, 0.3) is 0 Å². The van der Waals surface area contributed by atoms with Crippen LogP contribution in [-0.4, -0.2) is 55.5 Å². The van der Waals surface area contributed by atoms with Gasteiger partial charge in [-0.2, -0.15) is 0 Å². The van der Waals surface area contributed by atoms with E-state index < -0.39 is 0 Å². The highest BCUT2D eigenvalue weighted by Gasteiger charge is 2.56. The Morgan fingerprint density at radius 2 is 2.10 bits per heavy atom. The smallest absolute Gasteiger partial charge is 0.225 e. The molecule has 4 nitrogen and oxygen atoms in total. The fraction of sp³-hybridized carbons (Fsp3) is 0.562. The van der Waals surface area contributed by atoms with Gasteiger partial charge in [0, 0.05) is 37.8 Å². The molecule has 1 aliphatic carbocycles. The van der Waals surface area contributed by atoms with E-state index in [9.17, 15) is 9.18 Å². The first-order valence-electron chi connectivity index (χ1n) is 7.49. The first-order valence-corrected chi connectivity index (χ1v) is 7.49. The van der Waals surface area contributed by atoms with Crippen LogP contribution in [0, 0.1) is 17.7 Å². The molecule has 3 rings (SSSR count). The van der Waals surface area contributed by atoms with E-state index in [1.807, 2.05) is 0 Å². The average Bonchev–Trinajstić information content (AvgIpc) is 2.94. The van der Waals surface area contributed by atoms with E-state index in [0.717, 1.165) is 37.5 Å². The fourth-order valence-electron chi connectivity index (χ4n) is 3.58. The Morgan fingerprint density at radius 1 is 1.38 bits per heavy atom. The van der Waals surface area contributed by atoms with E-state index in [2.05, 4.69) is 29.2 Å². The Kier molecular flexibility index (Phi) is 3.95. The molecular formula is C16H22FN3O. The molecule has 21 heavy (non-hydrogen) atoms.